The van der Waals surface area contributed by atoms with E-state index in [-0.39, 0.29) is 0 Å². The van der Waals surface area contributed by atoms with E-state index in [1.807, 2.05) is 19.2 Å². The van der Waals surface area contributed by atoms with Crippen LogP contribution in [0.4, 0.5) is 0 Å². The van der Waals surface area contributed by atoms with Crippen LogP contribution in [0.5, 0.6) is 0 Å². The van der Waals surface area contributed by atoms with Crippen molar-refractivity contribution in [2.75, 3.05) is 32.4 Å². The molecular weight excluding hydrogens is 492 g/mol. The van der Waals surface area contributed by atoms with Crippen LogP contribution in [0.15, 0.2) is 65.6 Å². The lowest BCUT2D eigenvalue weighted by Crippen LogP contribution is -2.72. The smallest absolute Gasteiger partial charge is 0.175 e. The van der Waals surface area contributed by atoms with Gasteiger partial charge in [0.15, 0.2) is 9.84 Å². The van der Waals surface area contributed by atoms with Gasteiger partial charge in [0, 0.05) is 63.0 Å². The lowest BCUT2D eigenvalue weighted by atomic mass is 9.72. The number of hydrogen-bond donors (Lipinski definition) is 0. The first-order valence-corrected chi connectivity index (χ1v) is 15.2. The molecule has 1 spiro atoms. The van der Waals surface area contributed by atoms with Crippen molar-refractivity contribution in [1.29, 1.82) is 0 Å². The van der Waals surface area contributed by atoms with Crippen LogP contribution in [0.25, 0.3) is 33.5 Å². The molecular formula is C31H36N4O2S. The lowest BCUT2D eigenvalue weighted by molar-refractivity contribution is -0.128. The van der Waals surface area contributed by atoms with Gasteiger partial charge in [0.1, 0.15) is 5.82 Å². The number of nitrogens with zero attached hydrogens (tertiary/aromatic N) is 4. The maximum atomic E-state index is 11.8. The van der Waals surface area contributed by atoms with Crippen LogP contribution in [0.1, 0.15) is 25.0 Å². The van der Waals surface area contributed by atoms with Gasteiger partial charge in [0.25, 0.3) is 0 Å². The Balaban J connectivity index is 1.19. The number of benzene rings is 3. The highest BCUT2D eigenvalue weighted by Crippen LogP contribution is 2.41. The molecule has 0 atom stereocenters. The summed E-state index contributed by atoms with van der Waals surface area (Å²) >= 11 is 0. The van der Waals surface area contributed by atoms with Crippen LogP contribution in [0, 0.1) is 12.3 Å². The molecule has 0 amide bonds. The molecule has 0 bridgehead atoms. The summed E-state index contributed by atoms with van der Waals surface area (Å²) in [6.45, 7) is 12.6. The largest absolute Gasteiger partial charge is 0.327 e. The predicted molar refractivity (Wildman–Crippen MR) is 154 cm³/mol. The zero-order valence-corrected chi connectivity index (χ0v) is 23.7. The summed E-state index contributed by atoms with van der Waals surface area (Å²) in [7, 11) is -1.21. The molecule has 1 aromatic heterocycles. The van der Waals surface area contributed by atoms with Gasteiger partial charge in [-0.05, 0) is 79.4 Å². The third-order valence-electron chi connectivity index (χ3n) is 8.34. The number of fused-ring (bicyclic) bond motifs is 1. The average Bonchev–Trinajstić information content (AvgIpc) is 3.16. The Morgan fingerprint density at radius 1 is 0.895 bits per heavy atom. The van der Waals surface area contributed by atoms with Gasteiger partial charge in [-0.15, -0.1) is 0 Å². The Morgan fingerprint density at radius 3 is 2.13 bits per heavy atom. The second kappa shape index (κ2) is 9.04. The Hall–Kier alpha value is -3.00. The van der Waals surface area contributed by atoms with Crippen LogP contribution in [0.2, 0.25) is 0 Å². The van der Waals surface area contributed by atoms with Crippen LogP contribution >= 0.6 is 0 Å². The molecule has 0 unspecified atom stereocenters. The zero-order chi connectivity index (χ0) is 26.8. The molecule has 0 aliphatic carbocycles. The first kappa shape index (κ1) is 25.3. The fraction of sp³-hybridized carbons (Fsp3) is 0.387. The number of sulfone groups is 1. The van der Waals surface area contributed by atoms with Gasteiger partial charge in [0.05, 0.1) is 15.9 Å². The molecule has 2 fully saturated rings. The van der Waals surface area contributed by atoms with Crippen molar-refractivity contribution in [3.63, 3.8) is 0 Å². The van der Waals surface area contributed by atoms with Crippen molar-refractivity contribution in [3.8, 4) is 22.5 Å². The number of aryl methyl sites for hydroxylation is 2. The molecule has 3 heterocycles. The molecule has 4 aromatic rings. The lowest BCUT2D eigenvalue weighted by Gasteiger charge is -2.61. The number of aromatic nitrogens is 2. The number of likely N-dealkylation sites (tertiary alicyclic amines) is 2. The fourth-order valence-corrected chi connectivity index (χ4v) is 6.82. The van der Waals surface area contributed by atoms with E-state index in [1.54, 1.807) is 12.1 Å². The Labute approximate surface area is 225 Å². The normalized spacial score (nSPS) is 17.7. The molecule has 6 nitrogen and oxygen atoms in total. The minimum Gasteiger partial charge on any atom is -0.327 e. The van der Waals surface area contributed by atoms with Crippen molar-refractivity contribution in [2.45, 2.75) is 38.3 Å². The van der Waals surface area contributed by atoms with E-state index in [4.69, 9.17) is 4.98 Å². The summed E-state index contributed by atoms with van der Waals surface area (Å²) < 4.78 is 25.8. The second-order valence-electron chi connectivity index (χ2n) is 11.8. The number of rotatable bonds is 6. The fourth-order valence-electron chi connectivity index (χ4n) is 6.19. The molecule has 38 heavy (non-hydrogen) atoms. The van der Waals surface area contributed by atoms with Gasteiger partial charge in [-0.3, -0.25) is 9.80 Å². The summed E-state index contributed by atoms with van der Waals surface area (Å²) in [5.41, 5.74) is 8.34. The maximum Gasteiger partial charge on any atom is 0.175 e. The molecule has 2 aliphatic heterocycles. The average molecular weight is 529 g/mol. The summed E-state index contributed by atoms with van der Waals surface area (Å²) in [5.74, 6) is 0.825. The highest BCUT2D eigenvalue weighted by molar-refractivity contribution is 7.90. The van der Waals surface area contributed by atoms with E-state index in [1.165, 1.54) is 49.1 Å². The molecule has 198 valence electrons. The van der Waals surface area contributed by atoms with Crippen molar-refractivity contribution in [2.24, 2.45) is 12.5 Å². The van der Waals surface area contributed by atoms with E-state index in [2.05, 4.69) is 71.5 Å². The standard InChI is InChI=1S/C31H36N4O2S/c1-21(2)35-19-31(20-35)17-34(18-31)16-23-6-8-24(9-7-23)26-14-22(3)29-28(15-26)33(4)30(32-29)25-10-12-27(13-11-25)38(5,36)37/h6-15,21H,16-20H2,1-5H3. The van der Waals surface area contributed by atoms with Crippen LogP contribution < -0.4 is 0 Å². The molecule has 0 radical (unpaired) electrons. The van der Waals surface area contributed by atoms with Crippen LogP contribution in [-0.4, -0.2) is 66.2 Å². The van der Waals surface area contributed by atoms with Crippen molar-refractivity contribution < 1.29 is 8.42 Å². The predicted octanol–water partition coefficient (Wildman–Crippen LogP) is 5.15. The Bertz CT molecular complexity index is 1610. The Morgan fingerprint density at radius 2 is 1.53 bits per heavy atom. The van der Waals surface area contributed by atoms with Gasteiger partial charge in [-0.25, -0.2) is 13.4 Å². The number of hydrogen-bond acceptors (Lipinski definition) is 5. The third-order valence-corrected chi connectivity index (χ3v) is 9.47. The topological polar surface area (TPSA) is 58.4 Å². The maximum absolute atomic E-state index is 11.8. The van der Waals surface area contributed by atoms with Crippen molar-refractivity contribution in [3.05, 3.63) is 71.8 Å². The summed E-state index contributed by atoms with van der Waals surface area (Å²) in [4.78, 5) is 10.4. The van der Waals surface area contributed by atoms with E-state index >= 15 is 0 Å². The van der Waals surface area contributed by atoms with Crippen LogP contribution in [0.3, 0.4) is 0 Å². The third kappa shape index (κ3) is 4.46. The zero-order valence-electron chi connectivity index (χ0n) is 22.9. The van der Waals surface area contributed by atoms with Gasteiger partial charge < -0.3 is 4.57 Å². The molecule has 2 saturated heterocycles. The minimum atomic E-state index is -3.23. The molecule has 0 saturated carbocycles. The molecule has 2 aliphatic rings. The van der Waals surface area contributed by atoms with E-state index in [0.717, 1.165) is 34.5 Å². The monoisotopic (exact) mass is 528 g/mol. The Kier molecular flexibility index (Phi) is 6.02. The van der Waals surface area contributed by atoms with E-state index in [9.17, 15) is 8.42 Å². The van der Waals surface area contributed by atoms with Gasteiger partial charge in [-0.1, -0.05) is 24.3 Å². The highest BCUT2D eigenvalue weighted by atomic mass is 32.2. The van der Waals surface area contributed by atoms with Crippen molar-refractivity contribution in [1.82, 2.24) is 19.4 Å². The molecule has 3 aromatic carbocycles. The van der Waals surface area contributed by atoms with Gasteiger partial charge >= 0.3 is 0 Å². The number of imidazole rings is 1. The second-order valence-corrected chi connectivity index (χ2v) is 13.8. The van der Waals surface area contributed by atoms with Crippen LogP contribution in [-0.2, 0) is 23.4 Å². The first-order chi connectivity index (χ1) is 18.0. The molecule has 0 N–H and O–H groups in total. The van der Waals surface area contributed by atoms with Gasteiger partial charge in [-0.2, -0.15) is 0 Å². The molecule has 7 heteroatoms. The summed E-state index contributed by atoms with van der Waals surface area (Å²) in [6, 6.07) is 21.0. The van der Waals surface area contributed by atoms with Crippen molar-refractivity contribution >= 4 is 20.9 Å². The molecule has 6 rings (SSSR count). The first-order valence-electron chi connectivity index (χ1n) is 13.3. The van der Waals surface area contributed by atoms with E-state index in [0.29, 0.717) is 16.4 Å². The highest BCUT2D eigenvalue weighted by Gasteiger charge is 2.51. The summed E-state index contributed by atoms with van der Waals surface area (Å²) in [6.07, 6.45) is 1.23. The SMILES string of the molecule is Cc1cc(-c2ccc(CN3CC4(C3)CN(C(C)C)C4)cc2)cc2c1nc(-c1ccc(S(C)(=O)=O)cc1)n2C. The minimum absolute atomic E-state index is 0.316. The summed E-state index contributed by atoms with van der Waals surface area (Å²) in [5, 5.41) is 0. The van der Waals surface area contributed by atoms with E-state index < -0.39 is 9.84 Å². The van der Waals surface area contributed by atoms with Gasteiger partial charge in [0.2, 0.25) is 0 Å². The quantitative estimate of drug-likeness (QED) is 0.347.